The van der Waals surface area contributed by atoms with E-state index in [0.29, 0.717) is 12.8 Å². The minimum atomic E-state index is -1.36. The number of aliphatic hydroxyl groups excluding tert-OH is 1. The van der Waals surface area contributed by atoms with Crippen LogP contribution >= 0.6 is 12.6 Å². The van der Waals surface area contributed by atoms with E-state index < -0.39 is 54.0 Å². The maximum Gasteiger partial charge on any atom is 0.326 e. The van der Waals surface area contributed by atoms with Gasteiger partial charge in [0.25, 0.3) is 0 Å². The van der Waals surface area contributed by atoms with Gasteiger partial charge in [0.2, 0.25) is 17.7 Å². The molecule has 1 aliphatic heterocycles. The van der Waals surface area contributed by atoms with E-state index in [1.807, 2.05) is 30.3 Å². The summed E-state index contributed by atoms with van der Waals surface area (Å²) in [6.07, 6.45) is -0.194. The number of nitrogens with one attached hydrogen (secondary N) is 2. The Bertz CT molecular complexity index is 822. The Morgan fingerprint density at radius 3 is 2.41 bits per heavy atom. The highest BCUT2D eigenvalue weighted by atomic mass is 32.1. The summed E-state index contributed by atoms with van der Waals surface area (Å²) in [5, 5.41) is 24.3. The Morgan fingerprint density at radius 1 is 1.19 bits per heavy atom. The van der Waals surface area contributed by atoms with Gasteiger partial charge in [0.05, 0.1) is 12.1 Å². The second-order valence-electron chi connectivity index (χ2n) is 7.79. The summed E-state index contributed by atoms with van der Waals surface area (Å²) in [7, 11) is 0. The highest BCUT2D eigenvalue weighted by molar-refractivity contribution is 7.80. The smallest absolute Gasteiger partial charge is 0.326 e. The number of rotatable bonds is 10. The molecule has 5 atom stereocenters. The lowest BCUT2D eigenvalue weighted by molar-refractivity contribution is -0.150. The van der Waals surface area contributed by atoms with Crippen molar-refractivity contribution in [2.24, 2.45) is 5.73 Å². The lowest BCUT2D eigenvalue weighted by Crippen LogP contribution is -2.60. The van der Waals surface area contributed by atoms with Gasteiger partial charge in [-0.15, -0.1) is 0 Å². The number of carboxylic acid groups (broad SMARTS) is 1. The van der Waals surface area contributed by atoms with Crippen LogP contribution in [-0.4, -0.2) is 81.4 Å². The largest absolute Gasteiger partial charge is 0.480 e. The van der Waals surface area contributed by atoms with Crippen LogP contribution in [-0.2, 0) is 25.6 Å². The topological polar surface area (TPSA) is 162 Å². The van der Waals surface area contributed by atoms with Gasteiger partial charge in [0, 0.05) is 12.3 Å². The van der Waals surface area contributed by atoms with Gasteiger partial charge in [0.15, 0.2) is 0 Å². The molecule has 1 fully saturated rings. The SMILES string of the molecule is CC(O)C(NC(=O)C(CS)NC(=O)C(N)Cc1ccccc1)C(=O)N1CCCC1C(=O)O. The van der Waals surface area contributed by atoms with E-state index >= 15 is 0 Å². The minimum absolute atomic E-state index is 0.0716. The molecule has 1 heterocycles. The van der Waals surface area contributed by atoms with Crippen LogP contribution in [0.15, 0.2) is 30.3 Å². The van der Waals surface area contributed by atoms with Crippen molar-refractivity contribution in [2.45, 2.75) is 56.5 Å². The fourth-order valence-corrected chi connectivity index (χ4v) is 3.80. The van der Waals surface area contributed by atoms with E-state index in [4.69, 9.17) is 5.73 Å². The Labute approximate surface area is 191 Å². The molecule has 0 radical (unpaired) electrons. The summed E-state index contributed by atoms with van der Waals surface area (Å²) in [5.74, 6) is -3.20. The van der Waals surface area contributed by atoms with Crippen LogP contribution in [0.1, 0.15) is 25.3 Å². The lowest BCUT2D eigenvalue weighted by atomic mass is 10.1. The number of carboxylic acids is 1. The quantitative estimate of drug-likeness (QED) is 0.239. The molecule has 5 unspecified atom stereocenters. The first-order valence-electron chi connectivity index (χ1n) is 10.4. The van der Waals surface area contributed by atoms with Crippen LogP contribution in [0, 0.1) is 0 Å². The number of benzene rings is 1. The fraction of sp³-hybridized carbons (Fsp3) is 0.524. The van der Waals surface area contributed by atoms with Crippen molar-refractivity contribution < 1.29 is 29.4 Å². The number of nitrogens with zero attached hydrogens (tertiary/aromatic N) is 1. The molecule has 11 heteroatoms. The van der Waals surface area contributed by atoms with Crippen molar-refractivity contribution in [3.8, 4) is 0 Å². The zero-order valence-corrected chi connectivity index (χ0v) is 18.7. The molecule has 0 saturated carbocycles. The van der Waals surface area contributed by atoms with Gasteiger partial charge in [0.1, 0.15) is 18.1 Å². The maximum absolute atomic E-state index is 12.8. The minimum Gasteiger partial charge on any atom is -0.480 e. The van der Waals surface area contributed by atoms with Crippen LogP contribution < -0.4 is 16.4 Å². The number of hydrogen-bond donors (Lipinski definition) is 6. The highest BCUT2D eigenvalue weighted by Crippen LogP contribution is 2.19. The molecule has 0 aromatic heterocycles. The first-order valence-corrected chi connectivity index (χ1v) is 11.0. The Balaban J connectivity index is 2.01. The van der Waals surface area contributed by atoms with E-state index in [1.54, 1.807) is 0 Å². The van der Waals surface area contributed by atoms with E-state index in [0.717, 1.165) is 10.5 Å². The van der Waals surface area contributed by atoms with E-state index in [1.165, 1.54) is 6.92 Å². The number of thiol groups is 1. The van der Waals surface area contributed by atoms with Crippen LogP contribution in [0.25, 0.3) is 0 Å². The number of hydrogen-bond acceptors (Lipinski definition) is 7. The molecular weight excluding hydrogens is 436 g/mol. The van der Waals surface area contributed by atoms with Gasteiger partial charge in [-0.2, -0.15) is 12.6 Å². The van der Waals surface area contributed by atoms with Gasteiger partial charge in [-0.3, -0.25) is 14.4 Å². The van der Waals surface area contributed by atoms with Gasteiger partial charge in [-0.25, -0.2) is 4.79 Å². The molecule has 176 valence electrons. The van der Waals surface area contributed by atoms with Gasteiger partial charge in [-0.05, 0) is 31.7 Å². The lowest BCUT2D eigenvalue weighted by Gasteiger charge is -2.30. The summed E-state index contributed by atoms with van der Waals surface area (Å²) < 4.78 is 0. The first kappa shape index (κ1) is 25.6. The number of carbonyl (C=O) groups excluding carboxylic acids is 3. The molecule has 10 nitrogen and oxygen atoms in total. The van der Waals surface area contributed by atoms with Crippen molar-refractivity contribution in [3.63, 3.8) is 0 Å². The average molecular weight is 467 g/mol. The first-order chi connectivity index (χ1) is 15.1. The molecule has 3 amide bonds. The van der Waals surface area contributed by atoms with Crippen LogP contribution in [0.4, 0.5) is 0 Å². The van der Waals surface area contributed by atoms with Crippen LogP contribution in [0.3, 0.4) is 0 Å². The highest BCUT2D eigenvalue weighted by Gasteiger charge is 2.39. The van der Waals surface area contributed by atoms with Crippen molar-refractivity contribution >= 4 is 36.3 Å². The predicted octanol–water partition coefficient (Wildman–Crippen LogP) is -1.09. The fourth-order valence-electron chi connectivity index (χ4n) is 3.54. The molecular formula is C21H30N4O6S. The molecule has 0 aliphatic carbocycles. The number of aliphatic hydroxyl groups is 1. The molecule has 6 N–H and O–H groups in total. The Morgan fingerprint density at radius 2 is 1.84 bits per heavy atom. The Hall–Kier alpha value is -2.63. The van der Waals surface area contributed by atoms with Crippen molar-refractivity contribution in [1.29, 1.82) is 0 Å². The van der Waals surface area contributed by atoms with Crippen LogP contribution in [0.5, 0.6) is 0 Å². The average Bonchev–Trinajstić information content (AvgIpc) is 3.25. The number of carbonyl (C=O) groups is 4. The molecule has 2 rings (SSSR count). The number of likely N-dealkylation sites (tertiary alicyclic amines) is 1. The summed E-state index contributed by atoms with van der Waals surface area (Å²) in [6.45, 7) is 1.54. The van der Waals surface area contributed by atoms with Gasteiger partial charge in [-0.1, -0.05) is 30.3 Å². The van der Waals surface area contributed by atoms with E-state index in [2.05, 4.69) is 23.3 Å². The Kier molecular flexibility index (Phi) is 9.48. The number of aliphatic carboxylic acids is 1. The summed E-state index contributed by atoms with van der Waals surface area (Å²) >= 11 is 4.10. The zero-order valence-electron chi connectivity index (χ0n) is 17.8. The standard InChI is InChI=1S/C21H30N4O6S/c1-12(26)17(20(29)25-9-5-8-16(25)21(30)31)24-19(28)15(11-32)23-18(27)14(22)10-13-6-3-2-4-7-13/h2-4,6-7,12,14-17,26,32H,5,8-11,22H2,1H3,(H,23,27)(H,24,28)(H,30,31). The van der Waals surface area contributed by atoms with Crippen molar-refractivity contribution in [3.05, 3.63) is 35.9 Å². The summed E-state index contributed by atoms with van der Waals surface area (Å²) in [5.41, 5.74) is 6.81. The molecule has 0 spiro atoms. The van der Waals surface area contributed by atoms with Gasteiger partial charge < -0.3 is 31.5 Å². The molecule has 32 heavy (non-hydrogen) atoms. The number of nitrogens with two attached hydrogens (primary N) is 1. The zero-order chi connectivity index (χ0) is 23.8. The third-order valence-electron chi connectivity index (χ3n) is 5.32. The van der Waals surface area contributed by atoms with Crippen LogP contribution in [0.2, 0.25) is 0 Å². The summed E-state index contributed by atoms with van der Waals surface area (Å²) in [6, 6.07) is 4.79. The molecule has 1 aliphatic rings. The normalized spacial score (nSPS) is 19.5. The van der Waals surface area contributed by atoms with Gasteiger partial charge >= 0.3 is 5.97 Å². The number of amides is 3. The third-order valence-corrected chi connectivity index (χ3v) is 5.68. The van der Waals surface area contributed by atoms with E-state index in [9.17, 15) is 29.4 Å². The second-order valence-corrected chi connectivity index (χ2v) is 8.16. The molecule has 1 saturated heterocycles. The summed E-state index contributed by atoms with van der Waals surface area (Å²) in [4.78, 5) is 50.6. The van der Waals surface area contributed by atoms with E-state index in [-0.39, 0.29) is 18.7 Å². The third kappa shape index (κ3) is 6.68. The molecule has 1 aromatic rings. The second kappa shape index (κ2) is 11.8. The monoisotopic (exact) mass is 466 g/mol. The van der Waals surface area contributed by atoms with Crippen molar-refractivity contribution in [2.75, 3.05) is 12.3 Å². The molecule has 1 aromatic carbocycles. The molecule has 0 bridgehead atoms. The van der Waals surface area contributed by atoms with Crippen molar-refractivity contribution in [1.82, 2.24) is 15.5 Å². The predicted molar refractivity (Wildman–Crippen MR) is 120 cm³/mol. The maximum atomic E-state index is 12.8.